The molecule has 0 saturated carbocycles. The van der Waals surface area contributed by atoms with Gasteiger partial charge in [0.25, 0.3) is 0 Å². The van der Waals surface area contributed by atoms with Crippen LogP contribution in [0.25, 0.3) is 10.6 Å². The predicted octanol–water partition coefficient (Wildman–Crippen LogP) is 2.69. The van der Waals surface area contributed by atoms with Crippen LogP contribution in [0.2, 0.25) is 0 Å². The summed E-state index contributed by atoms with van der Waals surface area (Å²) in [4.78, 5) is 5.65. The minimum atomic E-state index is -0.222. The summed E-state index contributed by atoms with van der Waals surface area (Å²) in [7, 11) is 1.68. The van der Waals surface area contributed by atoms with Crippen LogP contribution >= 0.6 is 11.3 Å². The average molecular weight is 306 g/mol. The number of benzene rings is 1. The fourth-order valence-electron chi connectivity index (χ4n) is 2.18. The molecule has 2 aromatic rings. The van der Waals surface area contributed by atoms with Gasteiger partial charge >= 0.3 is 0 Å². The van der Waals surface area contributed by atoms with Crippen LogP contribution in [0.1, 0.15) is 18.2 Å². The van der Waals surface area contributed by atoms with Crippen LogP contribution in [-0.2, 0) is 11.3 Å². The van der Waals surface area contributed by atoms with Gasteiger partial charge in [-0.25, -0.2) is 4.98 Å². The number of hydrogen-bond acceptors (Lipinski definition) is 5. The Bertz CT molecular complexity index is 536. The molecule has 0 aliphatic heterocycles. The zero-order valence-corrected chi connectivity index (χ0v) is 13.3. The van der Waals surface area contributed by atoms with Gasteiger partial charge in [0, 0.05) is 42.4 Å². The number of nitrogens with zero attached hydrogens (tertiary/aromatic N) is 1. The molecular weight excluding hydrogens is 284 g/mol. The lowest BCUT2D eigenvalue weighted by Crippen LogP contribution is -2.46. The van der Waals surface area contributed by atoms with E-state index in [1.165, 1.54) is 4.88 Å². The molecule has 114 valence electrons. The highest BCUT2D eigenvalue weighted by molar-refractivity contribution is 7.15. The molecule has 0 aliphatic rings. The Kier molecular flexibility index (Phi) is 5.87. The molecule has 2 rings (SSSR count). The van der Waals surface area contributed by atoms with Crippen molar-refractivity contribution >= 4 is 11.3 Å². The van der Waals surface area contributed by atoms with Crippen molar-refractivity contribution in [2.45, 2.75) is 25.4 Å². The summed E-state index contributed by atoms with van der Waals surface area (Å²) in [5, 5.41) is 13.7. The first-order valence-electron chi connectivity index (χ1n) is 7.02. The van der Waals surface area contributed by atoms with Gasteiger partial charge in [-0.3, -0.25) is 0 Å². The van der Waals surface area contributed by atoms with E-state index in [0.717, 1.165) is 17.1 Å². The first-order valence-corrected chi connectivity index (χ1v) is 7.83. The van der Waals surface area contributed by atoms with Crippen LogP contribution in [0.3, 0.4) is 0 Å². The summed E-state index contributed by atoms with van der Waals surface area (Å²) < 4.78 is 5.24. The third kappa shape index (κ3) is 4.61. The minimum absolute atomic E-state index is 0.144. The standard InChI is InChI=1S/C16H22N2O2S/c1-16(8-9-19,12-20-2)18-11-14-10-17-15(21-14)13-6-4-3-5-7-13/h3-7,10,18-19H,8-9,11-12H2,1-2H3. The fraction of sp³-hybridized carbons (Fsp3) is 0.438. The summed E-state index contributed by atoms with van der Waals surface area (Å²) >= 11 is 1.69. The third-order valence-electron chi connectivity index (χ3n) is 3.39. The van der Waals surface area contributed by atoms with E-state index < -0.39 is 0 Å². The van der Waals surface area contributed by atoms with Crippen LogP contribution in [0.5, 0.6) is 0 Å². The Labute approximate surface area is 129 Å². The number of aromatic nitrogens is 1. The Hall–Kier alpha value is -1.27. The lowest BCUT2D eigenvalue weighted by atomic mass is 9.99. The molecule has 0 amide bonds. The SMILES string of the molecule is COCC(C)(CCO)NCc1cnc(-c2ccccc2)s1. The van der Waals surface area contributed by atoms with Gasteiger partial charge in [0.05, 0.1) is 6.61 Å². The number of rotatable bonds is 8. The maximum Gasteiger partial charge on any atom is 0.123 e. The van der Waals surface area contributed by atoms with Crippen molar-refractivity contribution in [1.29, 1.82) is 0 Å². The van der Waals surface area contributed by atoms with E-state index in [0.29, 0.717) is 13.0 Å². The van der Waals surface area contributed by atoms with Crippen molar-refractivity contribution < 1.29 is 9.84 Å². The number of ether oxygens (including phenoxy) is 1. The zero-order chi connectivity index (χ0) is 15.1. The second kappa shape index (κ2) is 7.66. The first-order chi connectivity index (χ1) is 10.2. The van der Waals surface area contributed by atoms with E-state index in [2.05, 4.69) is 29.4 Å². The fourth-order valence-corrected chi connectivity index (χ4v) is 3.04. The average Bonchev–Trinajstić information content (AvgIpc) is 2.96. The first kappa shape index (κ1) is 16.1. The van der Waals surface area contributed by atoms with Gasteiger partial charge in [0.2, 0.25) is 0 Å². The molecule has 1 heterocycles. The summed E-state index contributed by atoms with van der Waals surface area (Å²) in [6.45, 7) is 3.50. The number of hydrogen-bond donors (Lipinski definition) is 2. The minimum Gasteiger partial charge on any atom is -0.396 e. The highest BCUT2D eigenvalue weighted by Crippen LogP contribution is 2.25. The van der Waals surface area contributed by atoms with Crippen LogP contribution in [0.15, 0.2) is 36.5 Å². The Morgan fingerprint density at radius 2 is 2.10 bits per heavy atom. The second-order valence-electron chi connectivity index (χ2n) is 5.32. The van der Waals surface area contributed by atoms with Gasteiger partial charge < -0.3 is 15.2 Å². The van der Waals surface area contributed by atoms with E-state index in [9.17, 15) is 5.11 Å². The van der Waals surface area contributed by atoms with E-state index in [4.69, 9.17) is 4.74 Å². The van der Waals surface area contributed by atoms with Gasteiger partial charge in [-0.1, -0.05) is 30.3 Å². The van der Waals surface area contributed by atoms with Crippen molar-refractivity contribution in [3.05, 3.63) is 41.4 Å². The van der Waals surface area contributed by atoms with Crippen LogP contribution < -0.4 is 5.32 Å². The molecule has 0 fully saturated rings. The third-order valence-corrected chi connectivity index (χ3v) is 4.44. The maximum atomic E-state index is 9.17. The second-order valence-corrected chi connectivity index (χ2v) is 6.43. The van der Waals surface area contributed by atoms with Gasteiger partial charge in [-0.15, -0.1) is 11.3 Å². The van der Waals surface area contributed by atoms with Gasteiger partial charge in [0.15, 0.2) is 0 Å². The smallest absolute Gasteiger partial charge is 0.123 e. The summed E-state index contributed by atoms with van der Waals surface area (Å²) in [5.74, 6) is 0. The maximum absolute atomic E-state index is 9.17. The number of methoxy groups -OCH3 is 1. The molecule has 1 unspecified atom stereocenters. The monoisotopic (exact) mass is 306 g/mol. The predicted molar refractivity (Wildman–Crippen MR) is 86.4 cm³/mol. The molecule has 0 bridgehead atoms. The lowest BCUT2D eigenvalue weighted by Gasteiger charge is -2.29. The van der Waals surface area contributed by atoms with E-state index in [1.807, 2.05) is 24.4 Å². The molecule has 5 heteroatoms. The Balaban J connectivity index is 1.99. The Morgan fingerprint density at radius 3 is 2.76 bits per heavy atom. The van der Waals surface area contributed by atoms with E-state index in [1.54, 1.807) is 18.4 Å². The van der Waals surface area contributed by atoms with Crippen molar-refractivity contribution in [3.8, 4) is 10.6 Å². The molecule has 21 heavy (non-hydrogen) atoms. The molecule has 0 aliphatic carbocycles. The molecule has 0 radical (unpaired) electrons. The van der Waals surface area contributed by atoms with Crippen molar-refractivity contribution in [2.24, 2.45) is 0 Å². The quantitative estimate of drug-likeness (QED) is 0.787. The number of aliphatic hydroxyl groups is 1. The highest BCUT2D eigenvalue weighted by atomic mass is 32.1. The molecule has 2 N–H and O–H groups in total. The van der Waals surface area contributed by atoms with Crippen molar-refractivity contribution in [2.75, 3.05) is 20.3 Å². The summed E-state index contributed by atoms with van der Waals surface area (Å²) in [6.07, 6.45) is 2.57. The largest absolute Gasteiger partial charge is 0.396 e. The molecule has 0 spiro atoms. The number of aliphatic hydroxyl groups excluding tert-OH is 1. The lowest BCUT2D eigenvalue weighted by molar-refractivity contribution is 0.0971. The molecule has 1 aromatic carbocycles. The number of thiazole rings is 1. The Morgan fingerprint density at radius 1 is 1.33 bits per heavy atom. The van der Waals surface area contributed by atoms with E-state index in [-0.39, 0.29) is 12.1 Å². The molecule has 1 aromatic heterocycles. The van der Waals surface area contributed by atoms with Crippen LogP contribution in [0.4, 0.5) is 0 Å². The normalized spacial score (nSPS) is 14.0. The molecule has 4 nitrogen and oxygen atoms in total. The molecular formula is C16H22N2O2S. The van der Waals surface area contributed by atoms with Crippen LogP contribution in [-0.4, -0.2) is 36.0 Å². The van der Waals surface area contributed by atoms with Gasteiger partial charge in [0.1, 0.15) is 5.01 Å². The topological polar surface area (TPSA) is 54.4 Å². The summed E-state index contributed by atoms with van der Waals surface area (Å²) in [5.41, 5.74) is 0.921. The highest BCUT2D eigenvalue weighted by Gasteiger charge is 2.23. The van der Waals surface area contributed by atoms with Crippen molar-refractivity contribution in [1.82, 2.24) is 10.3 Å². The molecule has 0 saturated heterocycles. The van der Waals surface area contributed by atoms with E-state index >= 15 is 0 Å². The van der Waals surface area contributed by atoms with Crippen LogP contribution in [0, 0.1) is 0 Å². The molecule has 1 atom stereocenters. The zero-order valence-electron chi connectivity index (χ0n) is 12.5. The van der Waals surface area contributed by atoms with Gasteiger partial charge in [-0.05, 0) is 13.3 Å². The van der Waals surface area contributed by atoms with Gasteiger partial charge in [-0.2, -0.15) is 0 Å². The summed E-state index contributed by atoms with van der Waals surface area (Å²) in [6, 6.07) is 10.2. The van der Waals surface area contributed by atoms with Crippen molar-refractivity contribution in [3.63, 3.8) is 0 Å². The number of nitrogens with one attached hydrogen (secondary N) is 1.